The van der Waals surface area contributed by atoms with E-state index in [9.17, 15) is 13.2 Å². The number of carbonyl (C=O) groups is 1. The predicted molar refractivity (Wildman–Crippen MR) is 106 cm³/mol. The minimum Gasteiger partial charge on any atom is -0.338 e. The van der Waals surface area contributed by atoms with Gasteiger partial charge in [0.25, 0.3) is 5.91 Å². The second kappa shape index (κ2) is 7.89. The molecular weight excluding hydrogens is 362 g/mol. The van der Waals surface area contributed by atoms with Crippen molar-refractivity contribution in [3.63, 3.8) is 0 Å². The molecule has 2 saturated heterocycles. The molecule has 1 amide bonds. The first-order valence-electron chi connectivity index (χ1n) is 9.87. The fourth-order valence-electron chi connectivity index (χ4n) is 3.93. The molecule has 2 aliphatic rings. The molecule has 1 aromatic rings. The maximum Gasteiger partial charge on any atom is 0.253 e. The Labute approximate surface area is 162 Å². The number of nitrogens with zero attached hydrogens (tertiary/aromatic N) is 2. The van der Waals surface area contributed by atoms with E-state index in [1.54, 1.807) is 28.6 Å². The smallest absolute Gasteiger partial charge is 0.253 e. The number of rotatable bonds is 3. The van der Waals surface area contributed by atoms with Crippen molar-refractivity contribution in [3.8, 4) is 0 Å². The van der Waals surface area contributed by atoms with Crippen LogP contribution >= 0.6 is 0 Å². The Morgan fingerprint density at radius 3 is 2.19 bits per heavy atom. The van der Waals surface area contributed by atoms with Gasteiger partial charge in [0.05, 0.1) is 4.90 Å². The van der Waals surface area contributed by atoms with Gasteiger partial charge in [0.1, 0.15) is 0 Å². The van der Waals surface area contributed by atoms with Crippen molar-refractivity contribution >= 4 is 15.9 Å². The molecule has 2 fully saturated rings. The average molecular weight is 394 g/mol. The normalized spacial score (nSPS) is 24.4. The van der Waals surface area contributed by atoms with Crippen LogP contribution in [0.1, 0.15) is 56.3 Å². The molecule has 1 aromatic carbocycles. The van der Waals surface area contributed by atoms with E-state index >= 15 is 0 Å². The number of nitrogens with two attached hydrogens (primary N) is 1. The van der Waals surface area contributed by atoms with E-state index in [2.05, 4.69) is 13.8 Å². The first-order valence-corrected chi connectivity index (χ1v) is 11.3. The number of piperidine rings is 1. The van der Waals surface area contributed by atoms with Gasteiger partial charge in [-0.05, 0) is 48.9 Å². The van der Waals surface area contributed by atoms with Crippen LogP contribution < -0.4 is 5.73 Å². The maximum absolute atomic E-state index is 12.9. The van der Waals surface area contributed by atoms with Gasteiger partial charge in [-0.25, -0.2) is 8.42 Å². The van der Waals surface area contributed by atoms with E-state index in [0.717, 1.165) is 32.1 Å². The first kappa shape index (κ1) is 20.3. The topological polar surface area (TPSA) is 83.7 Å². The third-order valence-electron chi connectivity index (χ3n) is 5.90. The minimum atomic E-state index is -3.49. The summed E-state index contributed by atoms with van der Waals surface area (Å²) in [7, 11) is -3.49. The van der Waals surface area contributed by atoms with Gasteiger partial charge in [-0.1, -0.05) is 26.7 Å². The third-order valence-corrected chi connectivity index (χ3v) is 7.82. The van der Waals surface area contributed by atoms with Crippen molar-refractivity contribution in [2.24, 2.45) is 11.1 Å². The number of carbonyl (C=O) groups excluding carboxylic acids is 1. The van der Waals surface area contributed by atoms with Gasteiger partial charge in [0.2, 0.25) is 10.0 Å². The monoisotopic (exact) mass is 393 g/mol. The van der Waals surface area contributed by atoms with E-state index in [1.165, 1.54) is 0 Å². The summed E-state index contributed by atoms with van der Waals surface area (Å²) in [4.78, 5) is 14.9. The van der Waals surface area contributed by atoms with Crippen molar-refractivity contribution in [2.75, 3.05) is 26.2 Å². The highest BCUT2D eigenvalue weighted by molar-refractivity contribution is 7.89. The van der Waals surface area contributed by atoms with Crippen LogP contribution in [0.25, 0.3) is 0 Å². The van der Waals surface area contributed by atoms with E-state index in [0.29, 0.717) is 31.7 Å². The van der Waals surface area contributed by atoms with Crippen LogP contribution in [0.4, 0.5) is 0 Å². The first-order chi connectivity index (χ1) is 12.7. The Hall–Kier alpha value is -1.44. The number of benzene rings is 1. The fourth-order valence-corrected chi connectivity index (χ4v) is 5.45. The second-order valence-electron chi connectivity index (χ2n) is 8.45. The highest BCUT2D eigenvalue weighted by Gasteiger charge is 2.35. The second-order valence-corrected chi connectivity index (χ2v) is 10.4. The lowest BCUT2D eigenvalue weighted by Gasteiger charge is -2.42. The molecule has 2 aliphatic heterocycles. The highest BCUT2D eigenvalue weighted by Crippen LogP contribution is 2.29. The summed E-state index contributed by atoms with van der Waals surface area (Å²) in [6.45, 7) is 6.55. The Kier molecular flexibility index (Phi) is 5.93. The molecule has 0 bridgehead atoms. The Balaban J connectivity index is 1.74. The van der Waals surface area contributed by atoms with Crippen molar-refractivity contribution in [2.45, 2.75) is 56.9 Å². The number of sulfonamides is 1. The molecule has 0 aromatic heterocycles. The van der Waals surface area contributed by atoms with Crippen LogP contribution in [0, 0.1) is 5.41 Å². The lowest BCUT2D eigenvalue weighted by molar-refractivity contribution is 0.0533. The molecule has 0 aliphatic carbocycles. The summed E-state index contributed by atoms with van der Waals surface area (Å²) in [5.74, 6) is -0.0614. The largest absolute Gasteiger partial charge is 0.338 e. The van der Waals surface area contributed by atoms with Gasteiger partial charge >= 0.3 is 0 Å². The van der Waals surface area contributed by atoms with Crippen molar-refractivity contribution in [1.29, 1.82) is 0 Å². The summed E-state index contributed by atoms with van der Waals surface area (Å²) in [5, 5.41) is 0. The summed E-state index contributed by atoms with van der Waals surface area (Å²) in [6.07, 6.45) is 4.75. The maximum atomic E-state index is 12.9. The lowest BCUT2D eigenvalue weighted by Crippen LogP contribution is -2.54. The van der Waals surface area contributed by atoms with Gasteiger partial charge in [0.15, 0.2) is 0 Å². The fraction of sp³-hybridized carbons (Fsp3) is 0.650. The highest BCUT2D eigenvalue weighted by atomic mass is 32.2. The zero-order valence-electron chi connectivity index (χ0n) is 16.4. The Morgan fingerprint density at radius 2 is 1.63 bits per heavy atom. The number of likely N-dealkylation sites (tertiary alicyclic amines) is 1. The van der Waals surface area contributed by atoms with Crippen LogP contribution in [0.15, 0.2) is 29.2 Å². The van der Waals surface area contributed by atoms with Crippen LogP contribution in [0.5, 0.6) is 0 Å². The van der Waals surface area contributed by atoms with Crippen LogP contribution in [-0.2, 0) is 10.0 Å². The van der Waals surface area contributed by atoms with E-state index in [1.807, 2.05) is 4.90 Å². The Bertz CT molecular complexity index is 766. The summed E-state index contributed by atoms with van der Waals surface area (Å²) >= 11 is 0. The van der Waals surface area contributed by atoms with Crippen molar-refractivity contribution in [1.82, 2.24) is 9.21 Å². The molecule has 1 atom stereocenters. The summed E-state index contributed by atoms with van der Waals surface area (Å²) in [6, 6.07) is 6.48. The molecule has 0 saturated carbocycles. The SMILES string of the molecule is CC1(C)CN(C(=O)c2ccc(S(=O)(=O)N3CCCCCC3)cc2)CCC1N. The quantitative estimate of drug-likeness (QED) is 0.855. The van der Waals surface area contributed by atoms with Crippen LogP contribution in [0.3, 0.4) is 0 Å². The molecule has 3 rings (SSSR count). The summed E-state index contributed by atoms with van der Waals surface area (Å²) < 4.78 is 27.3. The van der Waals surface area contributed by atoms with Gasteiger partial charge in [-0.2, -0.15) is 4.31 Å². The van der Waals surface area contributed by atoms with E-state index in [4.69, 9.17) is 5.73 Å². The van der Waals surface area contributed by atoms with E-state index in [-0.39, 0.29) is 22.3 Å². The molecular formula is C20H31N3O3S. The van der Waals surface area contributed by atoms with Gasteiger partial charge < -0.3 is 10.6 Å². The molecule has 2 heterocycles. The molecule has 2 N–H and O–H groups in total. The average Bonchev–Trinajstić information content (AvgIpc) is 2.93. The zero-order valence-corrected chi connectivity index (χ0v) is 17.2. The molecule has 6 nitrogen and oxygen atoms in total. The van der Waals surface area contributed by atoms with Gasteiger partial charge in [-0.3, -0.25) is 4.79 Å². The van der Waals surface area contributed by atoms with Crippen LogP contribution in [-0.4, -0.2) is 55.8 Å². The van der Waals surface area contributed by atoms with Crippen LogP contribution in [0.2, 0.25) is 0 Å². The number of hydrogen-bond acceptors (Lipinski definition) is 4. The van der Waals surface area contributed by atoms with Crippen molar-refractivity contribution in [3.05, 3.63) is 29.8 Å². The van der Waals surface area contributed by atoms with Gasteiger partial charge in [-0.15, -0.1) is 0 Å². The standard InChI is InChI=1S/C20H31N3O3S/c1-20(2)15-22(14-11-18(20)21)19(24)16-7-9-17(10-8-16)27(25,26)23-12-5-3-4-6-13-23/h7-10,18H,3-6,11-15,21H2,1-2H3. The van der Waals surface area contributed by atoms with Crippen molar-refractivity contribution < 1.29 is 13.2 Å². The third kappa shape index (κ3) is 4.36. The predicted octanol–water partition coefficient (Wildman–Crippen LogP) is 2.45. The lowest BCUT2D eigenvalue weighted by atomic mass is 9.79. The molecule has 7 heteroatoms. The molecule has 150 valence electrons. The number of hydrogen-bond donors (Lipinski definition) is 1. The molecule has 0 radical (unpaired) electrons. The molecule has 27 heavy (non-hydrogen) atoms. The zero-order chi connectivity index (χ0) is 19.7. The Morgan fingerprint density at radius 1 is 1.04 bits per heavy atom. The summed E-state index contributed by atoms with van der Waals surface area (Å²) in [5.41, 5.74) is 6.56. The molecule has 1 unspecified atom stereocenters. The van der Waals surface area contributed by atoms with E-state index < -0.39 is 10.0 Å². The number of amides is 1. The minimum absolute atomic E-state index is 0.0614. The van der Waals surface area contributed by atoms with Gasteiger partial charge in [0, 0.05) is 37.8 Å². The molecule has 0 spiro atoms.